The number of hydrogen-bond acceptors (Lipinski definition) is 25. The number of urea groups is 3. The van der Waals surface area contributed by atoms with Gasteiger partial charge in [-0.15, -0.1) is 12.4 Å². The molecule has 0 unspecified atom stereocenters. The molecule has 7 aromatic heterocycles. The Morgan fingerprint density at radius 2 is 0.802 bits per heavy atom. The van der Waals surface area contributed by atoms with Gasteiger partial charge < -0.3 is 69.8 Å². The fourth-order valence-electron chi connectivity index (χ4n) is 12.7. The number of rotatable bonds is 12. The second-order valence-corrected chi connectivity index (χ2v) is 29.8. The summed E-state index contributed by atoms with van der Waals surface area (Å²) >= 11 is 34.4. The Bertz CT molecular complexity index is 4880. The topological polar surface area (TPSA) is 403 Å². The molecule has 6 saturated heterocycles. The second kappa shape index (κ2) is 42.7. The van der Waals surface area contributed by atoms with Gasteiger partial charge in [0.15, 0.2) is 23.2 Å². The first kappa shape index (κ1) is 89.7. The first-order chi connectivity index (χ1) is 55.5. The minimum Gasteiger partial charge on any atom is -0.399 e. The molecule has 34 nitrogen and oxygen atoms in total. The molecule has 0 atom stereocenters. The number of carbonyl (C=O) groups excluding carboxylic acids is 4. The van der Waals surface area contributed by atoms with Gasteiger partial charge in [-0.2, -0.15) is 30.2 Å². The molecule has 0 saturated carbocycles. The SMILES string of the molecule is CNC(=O)Nc1ccc(-c2nc(Cl)nc3c2cnn3C2CCOCC2)cc1.CNC(=O)Nc1ccc(-c2nc(N3CCOCC3)nc3c2cnn3C2CCOCC2)cc1.CNC(=O)Nc1ccc(B2OC(C)(C)C(C)(C)O2)cc1.Cl.Clc1nc(Cl)c2cnn(C3CCOCC3)c2n1.NNC1CCOCC1.O=Cc1c(Cl)nc(Cl)nc1Cl. The van der Waals surface area contributed by atoms with E-state index in [-0.39, 0.29) is 92.6 Å². The van der Waals surface area contributed by atoms with Gasteiger partial charge in [0.2, 0.25) is 21.8 Å². The summed E-state index contributed by atoms with van der Waals surface area (Å²) in [5, 5.41) is 32.4. The number of anilines is 4. The molecule has 620 valence electrons. The molecule has 42 heteroatoms. The quantitative estimate of drug-likeness (QED) is 0.0141. The summed E-state index contributed by atoms with van der Waals surface area (Å²) in [6.07, 6.45) is 13.4. The van der Waals surface area contributed by atoms with E-state index in [4.69, 9.17) is 124 Å². The van der Waals surface area contributed by atoms with Crippen LogP contribution in [-0.2, 0) is 33.0 Å². The maximum Gasteiger partial charge on any atom is 0.494 e. The van der Waals surface area contributed by atoms with Crippen molar-refractivity contribution in [2.24, 2.45) is 5.84 Å². The third kappa shape index (κ3) is 23.4. The van der Waals surface area contributed by atoms with E-state index in [1.165, 1.54) is 0 Å². The van der Waals surface area contributed by atoms with Crippen molar-refractivity contribution in [1.82, 2.24) is 90.6 Å². The Hall–Kier alpha value is -8.60. The number of aromatic nitrogens is 14. The molecule has 6 amide bonds. The smallest absolute Gasteiger partial charge is 0.399 e. The number of hydrogen-bond donors (Lipinski definition) is 8. The number of carbonyl (C=O) groups is 4. The van der Waals surface area contributed by atoms with Crippen LogP contribution in [0.5, 0.6) is 0 Å². The van der Waals surface area contributed by atoms with Gasteiger partial charge in [0.25, 0.3) is 0 Å². The summed E-state index contributed by atoms with van der Waals surface area (Å²) in [7, 11) is 4.35. The van der Waals surface area contributed by atoms with Crippen molar-refractivity contribution in [1.29, 1.82) is 0 Å². The minimum atomic E-state index is -0.381. The molecule has 6 fully saturated rings. The molecule has 6 aliphatic heterocycles. The number of benzene rings is 3. The van der Waals surface area contributed by atoms with E-state index in [1.54, 1.807) is 33.5 Å². The fourth-order valence-corrected chi connectivity index (χ4v) is 14.0. The van der Waals surface area contributed by atoms with Crippen molar-refractivity contribution in [3.63, 3.8) is 0 Å². The van der Waals surface area contributed by atoms with Gasteiger partial charge in [0, 0.05) is 121 Å². The molecule has 10 aromatic rings. The highest BCUT2D eigenvalue weighted by Gasteiger charge is 2.51. The number of hydrazine groups is 1. The van der Waals surface area contributed by atoms with E-state index in [0.29, 0.717) is 59.7 Å². The van der Waals surface area contributed by atoms with Crippen LogP contribution in [0.1, 0.15) is 108 Å². The van der Waals surface area contributed by atoms with E-state index in [0.717, 1.165) is 178 Å². The van der Waals surface area contributed by atoms with Crippen molar-refractivity contribution < 1.29 is 52.2 Å². The molecule has 16 rings (SSSR count). The maximum absolute atomic E-state index is 11.6. The molecule has 13 heterocycles. The fraction of sp³-hybridized carbons (Fsp3) is 0.446. The first-order valence-electron chi connectivity index (χ1n) is 37.3. The zero-order valence-electron chi connectivity index (χ0n) is 64.7. The monoisotopic (exact) mass is 1730 g/mol. The number of morpholine rings is 1. The van der Waals surface area contributed by atoms with Crippen LogP contribution in [0.2, 0.25) is 31.3 Å². The number of ether oxygens (including phenoxy) is 5. The third-order valence-corrected chi connectivity index (χ3v) is 21.1. The number of nitrogens with one attached hydrogen (secondary N) is 7. The Balaban J connectivity index is 0.000000154. The number of aldehydes is 1. The second-order valence-electron chi connectivity index (χ2n) is 27.7. The summed E-state index contributed by atoms with van der Waals surface area (Å²) < 4.78 is 44.7. The van der Waals surface area contributed by atoms with Gasteiger partial charge in [-0.05, 0) is 156 Å². The van der Waals surface area contributed by atoms with Crippen LogP contribution in [0.3, 0.4) is 0 Å². The van der Waals surface area contributed by atoms with E-state index < -0.39 is 0 Å². The van der Waals surface area contributed by atoms with Crippen LogP contribution < -0.4 is 53.5 Å². The van der Waals surface area contributed by atoms with Crippen LogP contribution in [-0.4, -0.2) is 218 Å². The average Bonchev–Trinajstić information content (AvgIpc) is 1.62. The van der Waals surface area contributed by atoms with Crippen molar-refractivity contribution in [3.05, 3.63) is 128 Å². The molecule has 3 aromatic carbocycles. The molecule has 116 heavy (non-hydrogen) atoms. The zero-order valence-corrected chi connectivity index (χ0v) is 70.1. The molecule has 0 spiro atoms. The lowest BCUT2D eigenvalue weighted by Gasteiger charge is -2.32. The zero-order chi connectivity index (χ0) is 81.8. The van der Waals surface area contributed by atoms with E-state index in [9.17, 15) is 19.2 Å². The van der Waals surface area contributed by atoms with E-state index >= 15 is 0 Å². The van der Waals surface area contributed by atoms with Crippen LogP contribution in [0.15, 0.2) is 91.4 Å². The summed E-state index contributed by atoms with van der Waals surface area (Å²) in [4.78, 5) is 80.5. The highest BCUT2D eigenvalue weighted by Crippen LogP contribution is 2.38. The molecule has 0 radical (unpaired) electrons. The summed E-state index contributed by atoms with van der Waals surface area (Å²) in [6.45, 7) is 17.0. The van der Waals surface area contributed by atoms with Crippen molar-refractivity contribution >= 4 is 175 Å². The van der Waals surface area contributed by atoms with Crippen LogP contribution >= 0.6 is 82.0 Å². The van der Waals surface area contributed by atoms with Gasteiger partial charge in [0.1, 0.15) is 15.5 Å². The van der Waals surface area contributed by atoms with E-state index in [1.807, 2.05) is 121 Å². The standard InChI is InChI=1S/C22H27N7O3.C18H19ClN6O2.C14H21BN2O3.C10H10Cl2N4O.C5HCl3N2O.C5H12N2O.ClH/c1-23-22(30)25-16-4-2-15(3-5-16)19-18-14-24-29(17-6-10-31-11-7-17)20(18)27-21(26-19)28-8-12-32-13-9-28;1-20-18(26)22-12-4-2-11(3-5-12)15-14-10-21-25(13-6-8-27-9-7-13)16(14)24-17(19)23-15;1-13(2)14(3,4)20-15(19-13)10-6-8-11(9-7-10)17-12(18)16-5;11-8-7-5-13-16(6-1-3-17-4-2-6)9(7)15-10(12)14-8;6-3-2(1-11)4(7)10-5(8)9-3;6-7-5-1-3-8-4-2-5;/h2-5,14,17H,6-13H2,1H3,(H2,23,25,30);2-5,10,13H,6-9H2,1H3,(H2,20,22,26);6-9H,1-5H3,(H2,16,17,18);5-6H,1-4H2;1H;5,7H,1-4,6H2;1H. The lowest BCUT2D eigenvalue weighted by Crippen LogP contribution is -2.41. The highest BCUT2D eigenvalue weighted by molar-refractivity contribution is 6.62. The molecular formula is C74H91BCl7N23O11. The van der Waals surface area contributed by atoms with Gasteiger partial charge in [-0.1, -0.05) is 71.2 Å². The van der Waals surface area contributed by atoms with E-state index in [2.05, 4.69) is 82.3 Å². The van der Waals surface area contributed by atoms with Gasteiger partial charge >= 0.3 is 25.2 Å². The summed E-state index contributed by atoms with van der Waals surface area (Å²) in [5.74, 6) is 5.89. The van der Waals surface area contributed by atoms with Crippen LogP contribution in [0.25, 0.3) is 55.6 Å². The normalized spacial score (nSPS) is 16.9. The van der Waals surface area contributed by atoms with Gasteiger partial charge in [-0.3, -0.25) is 16.1 Å². The number of halogens is 7. The Morgan fingerprint density at radius 3 is 1.20 bits per heavy atom. The Labute approximate surface area is 705 Å². The predicted octanol–water partition coefficient (Wildman–Crippen LogP) is 12.2. The van der Waals surface area contributed by atoms with Crippen LogP contribution in [0.4, 0.5) is 37.4 Å². The minimum absolute atomic E-state index is 0. The summed E-state index contributed by atoms with van der Waals surface area (Å²) in [5.41, 5.74) is 10.8. The Kier molecular flexibility index (Phi) is 33.0. The van der Waals surface area contributed by atoms with Crippen molar-refractivity contribution in [2.45, 2.75) is 114 Å². The first-order valence-corrected chi connectivity index (χ1v) is 39.5. The average molecular weight is 1740 g/mol. The predicted molar refractivity (Wildman–Crippen MR) is 449 cm³/mol. The van der Waals surface area contributed by atoms with Gasteiger partial charge in [-0.25, -0.2) is 53.3 Å². The Morgan fingerprint density at radius 1 is 0.457 bits per heavy atom. The molecule has 9 N–H and O–H groups in total. The number of nitrogens with two attached hydrogens (primary N) is 1. The van der Waals surface area contributed by atoms with Gasteiger partial charge in [0.05, 0.1) is 94.2 Å². The maximum atomic E-state index is 11.6. The highest BCUT2D eigenvalue weighted by atomic mass is 35.5. The molecule has 6 aliphatic rings. The van der Waals surface area contributed by atoms with Crippen LogP contribution in [0, 0.1) is 0 Å². The molecule has 0 aliphatic carbocycles. The largest absolute Gasteiger partial charge is 0.494 e. The van der Waals surface area contributed by atoms with Crippen molar-refractivity contribution in [3.8, 4) is 22.5 Å². The number of amides is 6. The number of fused-ring (bicyclic) bond motifs is 3. The molecule has 0 bridgehead atoms. The van der Waals surface area contributed by atoms with Crippen molar-refractivity contribution in [2.75, 3.05) is 121 Å². The third-order valence-electron chi connectivity index (χ3n) is 19.8. The lowest BCUT2D eigenvalue weighted by molar-refractivity contribution is 0.00578. The lowest BCUT2D eigenvalue weighted by atomic mass is 9.79. The number of nitrogens with zero attached hydrogens (tertiary/aromatic N) is 15. The summed E-state index contributed by atoms with van der Waals surface area (Å²) in [6, 6.07) is 23.0. The molecular weight excluding hydrogens is 1650 g/mol.